The van der Waals surface area contributed by atoms with Crippen LogP contribution >= 0.6 is 0 Å². The molecule has 0 bridgehead atoms. The SMILES string of the molecule is CCc1ccc(C(=O)NC(CCO)C(C)(C)C)o1. The van der Waals surface area contributed by atoms with Gasteiger partial charge in [-0.05, 0) is 24.0 Å². The molecular formula is C14H23NO3. The fraction of sp³-hybridized carbons (Fsp3) is 0.643. The van der Waals surface area contributed by atoms with Crippen LogP contribution in [0.1, 0.15) is 50.4 Å². The Kier molecular flexibility index (Phi) is 4.96. The normalized spacial score (nSPS) is 13.4. The molecular weight excluding hydrogens is 230 g/mol. The predicted molar refractivity (Wildman–Crippen MR) is 70.5 cm³/mol. The highest BCUT2D eigenvalue weighted by atomic mass is 16.3. The molecule has 4 heteroatoms. The lowest BCUT2D eigenvalue weighted by Crippen LogP contribution is -2.44. The Morgan fingerprint density at radius 1 is 1.44 bits per heavy atom. The molecule has 1 unspecified atom stereocenters. The van der Waals surface area contributed by atoms with Gasteiger partial charge in [0.1, 0.15) is 5.76 Å². The summed E-state index contributed by atoms with van der Waals surface area (Å²) in [4.78, 5) is 12.0. The molecule has 0 saturated heterocycles. The quantitative estimate of drug-likeness (QED) is 0.846. The van der Waals surface area contributed by atoms with Gasteiger partial charge in [0.05, 0.1) is 0 Å². The van der Waals surface area contributed by atoms with E-state index in [0.29, 0.717) is 12.2 Å². The van der Waals surface area contributed by atoms with Crippen LogP contribution in [0.5, 0.6) is 0 Å². The van der Waals surface area contributed by atoms with E-state index in [1.807, 2.05) is 33.8 Å². The van der Waals surface area contributed by atoms with Gasteiger partial charge in [0.15, 0.2) is 5.76 Å². The van der Waals surface area contributed by atoms with E-state index in [1.165, 1.54) is 0 Å². The van der Waals surface area contributed by atoms with Gasteiger partial charge in [0, 0.05) is 19.1 Å². The summed E-state index contributed by atoms with van der Waals surface area (Å²) in [7, 11) is 0. The van der Waals surface area contributed by atoms with Crippen molar-refractivity contribution in [2.45, 2.75) is 46.6 Å². The topological polar surface area (TPSA) is 62.5 Å². The van der Waals surface area contributed by atoms with E-state index in [4.69, 9.17) is 9.52 Å². The van der Waals surface area contributed by atoms with Crippen LogP contribution in [0.2, 0.25) is 0 Å². The molecule has 2 N–H and O–H groups in total. The molecule has 1 amide bonds. The molecule has 0 aromatic carbocycles. The van der Waals surface area contributed by atoms with Crippen LogP contribution in [0.15, 0.2) is 16.5 Å². The minimum Gasteiger partial charge on any atom is -0.456 e. The number of hydrogen-bond acceptors (Lipinski definition) is 3. The molecule has 1 aromatic rings. The van der Waals surface area contributed by atoms with Crippen molar-refractivity contribution in [1.82, 2.24) is 5.32 Å². The summed E-state index contributed by atoms with van der Waals surface area (Å²) in [6.45, 7) is 8.14. The number of carbonyl (C=O) groups excluding carboxylic acids is 1. The average Bonchev–Trinajstić information content (AvgIpc) is 2.75. The molecule has 0 aliphatic heterocycles. The van der Waals surface area contributed by atoms with Gasteiger partial charge in [-0.2, -0.15) is 0 Å². The first-order chi connectivity index (χ1) is 8.38. The second-order valence-corrected chi connectivity index (χ2v) is 5.52. The number of hydrogen-bond donors (Lipinski definition) is 2. The second-order valence-electron chi connectivity index (χ2n) is 5.52. The standard InChI is InChI=1S/C14H23NO3/c1-5-10-6-7-11(18-10)13(17)15-12(8-9-16)14(2,3)4/h6-7,12,16H,5,8-9H2,1-4H3,(H,15,17). The van der Waals surface area contributed by atoms with Crippen molar-refractivity contribution in [2.24, 2.45) is 5.41 Å². The third-order valence-electron chi connectivity index (χ3n) is 3.00. The molecule has 0 fully saturated rings. The van der Waals surface area contributed by atoms with E-state index in [9.17, 15) is 4.79 Å². The Bertz CT molecular complexity index is 390. The molecule has 4 nitrogen and oxygen atoms in total. The van der Waals surface area contributed by atoms with Gasteiger partial charge in [0.25, 0.3) is 5.91 Å². The van der Waals surface area contributed by atoms with E-state index >= 15 is 0 Å². The van der Waals surface area contributed by atoms with Gasteiger partial charge in [-0.1, -0.05) is 27.7 Å². The first-order valence-electron chi connectivity index (χ1n) is 6.39. The molecule has 1 atom stereocenters. The van der Waals surface area contributed by atoms with Crippen LogP contribution in [0.4, 0.5) is 0 Å². The Labute approximate surface area is 108 Å². The predicted octanol–water partition coefficient (Wildman–Crippen LogP) is 2.37. The van der Waals surface area contributed by atoms with Gasteiger partial charge in [-0.3, -0.25) is 4.79 Å². The summed E-state index contributed by atoms with van der Waals surface area (Å²) < 4.78 is 5.41. The monoisotopic (exact) mass is 253 g/mol. The Morgan fingerprint density at radius 2 is 2.11 bits per heavy atom. The highest BCUT2D eigenvalue weighted by Crippen LogP contribution is 2.22. The Balaban J connectivity index is 2.72. The molecule has 0 aliphatic rings. The van der Waals surface area contributed by atoms with Gasteiger partial charge in [0.2, 0.25) is 0 Å². The smallest absolute Gasteiger partial charge is 0.287 e. The van der Waals surface area contributed by atoms with E-state index in [2.05, 4.69) is 5.32 Å². The number of furan rings is 1. The van der Waals surface area contributed by atoms with Crippen LogP contribution in [0.3, 0.4) is 0 Å². The fourth-order valence-electron chi connectivity index (χ4n) is 1.77. The van der Waals surface area contributed by atoms with Crippen LogP contribution in [0, 0.1) is 5.41 Å². The molecule has 0 aliphatic carbocycles. The molecule has 0 spiro atoms. The number of aliphatic hydroxyl groups is 1. The zero-order valence-corrected chi connectivity index (χ0v) is 11.6. The second kappa shape index (κ2) is 6.05. The summed E-state index contributed by atoms with van der Waals surface area (Å²) in [5, 5.41) is 12.0. The van der Waals surface area contributed by atoms with Gasteiger partial charge < -0.3 is 14.8 Å². The number of nitrogens with one attached hydrogen (secondary N) is 1. The van der Waals surface area contributed by atoms with Crippen molar-refractivity contribution in [3.05, 3.63) is 23.7 Å². The summed E-state index contributed by atoms with van der Waals surface area (Å²) in [5.41, 5.74) is -0.0986. The lowest BCUT2D eigenvalue weighted by atomic mass is 9.85. The number of aryl methyl sites for hydroxylation is 1. The number of carbonyl (C=O) groups is 1. The van der Waals surface area contributed by atoms with Crippen molar-refractivity contribution in [1.29, 1.82) is 0 Å². The largest absolute Gasteiger partial charge is 0.456 e. The van der Waals surface area contributed by atoms with Crippen LogP contribution in [-0.4, -0.2) is 23.7 Å². The molecule has 0 saturated carbocycles. The molecule has 102 valence electrons. The van der Waals surface area contributed by atoms with Crippen molar-refractivity contribution in [3.63, 3.8) is 0 Å². The molecule has 1 aromatic heterocycles. The van der Waals surface area contributed by atoms with E-state index in [0.717, 1.165) is 12.2 Å². The van der Waals surface area contributed by atoms with Crippen LogP contribution in [-0.2, 0) is 6.42 Å². The first kappa shape index (κ1) is 14.8. The highest BCUT2D eigenvalue weighted by Gasteiger charge is 2.26. The summed E-state index contributed by atoms with van der Waals surface area (Å²) >= 11 is 0. The number of rotatable bonds is 5. The van der Waals surface area contributed by atoms with Crippen molar-refractivity contribution in [2.75, 3.05) is 6.61 Å². The van der Waals surface area contributed by atoms with Gasteiger partial charge >= 0.3 is 0 Å². The van der Waals surface area contributed by atoms with Crippen LogP contribution < -0.4 is 5.32 Å². The van der Waals surface area contributed by atoms with Gasteiger partial charge in [-0.15, -0.1) is 0 Å². The minimum absolute atomic E-state index is 0.0561. The van der Waals surface area contributed by atoms with Crippen molar-refractivity contribution < 1.29 is 14.3 Å². The molecule has 18 heavy (non-hydrogen) atoms. The molecule has 1 heterocycles. The van der Waals surface area contributed by atoms with E-state index < -0.39 is 0 Å². The summed E-state index contributed by atoms with van der Waals surface area (Å²) in [6, 6.07) is 3.42. The van der Waals surface area contributed by atoms with E-state index in [1.54, 1.807) is 6.07 Å². The summed E-state index contributed by atoms with van der Waals surface area (Å²) in [6.07, 6.45) is 1.31. The Hall–Kier alpha value is -1.29. The third kappa shape index (κ3) is 3.88. The summed E-state index contributed by atoms with van der Waals surface area (Å²) in [5.74, 6) is 0.914. The van der Waals surface area contributed by atoms with Crippen molar-refractivity contribution in [3.8, 4) is 0 Å². The van der Waals surface area contributed by atoms with Gasteiger partial charge in [-0.25, -0.2) is 0 Å². The maximum atomic E-state index is 12.0. The number of amides is 1. The average molecular weight is 253 g/mol. The Morgan fingerprint density at radius 3 is 2.56 bits per heavy atom. The zero-order chi connectivity index (χ0) is 13.8. The maximum Gasteiger partial charge on any atom is 0.287 e. The molecule has 1 rings (SSSR count). The highest BCUT2D eigenvalue weighted by molar-refractivity contribution is 5.91. The minimum atomic E-state index is -0.219. The fourth-order valence-corrected chi connectivity index (χ4v) is 1.77. The third-order valence-corrected chi connectivity index (χ3v) is 3.00. The number of aliphatic hydroxyl groups excluding tert-OH is 1. The lowest BCUT2D eigenvalue weighted by molar-refractivity contribution is 0.0855. The van der Waals surface area contributed by atoms with Crippen LogP contribution in [0.25, 0.3) is 0 Å². The first-order valence-corrected chi connectivity index (χ1v) is 6.39. The molecule has 0 radical (unpaired) electrons. The maximum absolute atomic E-state index is 12.0. The lowest BCUT2D eigenvalue weighted by Gasteiger charge is -2.30. The van der Waals surface area contributed by atoms with E-state index in [-0.39, 0.29) is 24.0 Å². The zero-order valence-electron chi connectivity index (χ0n) is 11.6. The van der Waals surface area contributed by atoms with Crippen molar-refractivity contribution >= 4 is 5.91 Å².